The van der Waals surface area contributed by atoms with E-state index in [0.29, 0.717) is 36.2 Å². The fourth-order valence-electron chi connectivity index (χ4n) is 5.45. The summed E-state index contributed by atoms with van der Waals surface area (Å²) in [4.78, 5) is 11.8. The highest BCUT2D eigenvalue weighted by Crippen LogP contribution is 2.39. The van der Waals surface area contributed by atoms with Gasteiger partial charge in [-0.3, -0.25) is 21.3 Å². The van der Waals surface area contributed by atoms with Crippen LogP contribution in [0.2, 0.25) is 0 Å². The maximum absolute atomic E-state index is 11.0. The number of anilines is 2. The lowest BCUT2D eigenvalue weighted by Gasteiger charge is -2.32. The first-order chi connectivity index (χ1) is 19.6. The van der Waals surface area contributed by atoms with Crippen molar-refractivity contribution in [3.63, 3.8) is 0 Å². The molecule has 2 fully saturated rings. The zero-order chi connectivity index (χ0) is 27.5. The first-order valence-corrected chi connectivity index (χ1v) is 14.6. The third-order valence-corrected chi connectivity index (χ3v) is 8.77. The minimum atomic E-state index is -1.02. The van der Waals surface area contributed by atoms with Crippen LogP contribution in [0.15, 0.2) is 59.6 Å². The number of ether oxygens (including phenoxy) is 2. The second-order valence-electron chi connectivity index (χ2n) is 10.1. The fourth-order valence-corrected chi connectivity index (χ4v) is 6.73. The smallest absolute Gasteiger partial charge is 0.291 e. The third-order valence-electron chi connectivity index (χ3n) is 7.49. The van der Waals surface area contributed by atoms with E-state index in [1.165, 1.54) is 19.3 Å². The van der Waals surface area contributed by atoms with Crippen molar-refractivity contribution in [1.29, 1.82) is 10.8 Å². The highest BCUT2D eigenvalue weighted by molar-refractivity contribution is 7.16. The van der Waals surface area contributed by atoms with E-state index >= 15 is 0 Å². The molecular formula is C29H33N7O3S. The molecule has 2 aromatic carbocycles. The molecule has 1 atom stereocenters. The van der Waals surface area contributed by atoms with Crippen molar-refractivity contribution in [3.8, 4) is 0 Å². The number of fused-ring (bicyclic) bond motifs is 1. The van der Waals surface area contributed by atoms with Crippen molar-refractivity contribution in [2.45, 2.75) is 44.3 Å². The molecule has 3 heterocycles. The first-order valence-electron chi connectivity index (χ1n) is 13.7. The van der Waals surface area contributed by atoms with Crippen molar-refractivity contribution in [3.05, 3.63) is 76.4 Å². The largest absolute Gasteiger partial charge is 0.405 e. The van der Waals surface area contributed by atoms with Gasteiger partial charge in [0.05, 0.1) is 29.6 Å². The van der Waals surface area contributed by atoms with Crippen LogP contribution in [0.5, 0.6) is 0 Å². The van der Waals surface area contributed by atoms with Gasteiger partial charge < -0.3 is 14.4 Å². The predicted molar refractivity (Wildman–Crippen MR) is 156 cm³/mol. The van der Waals surface area contributed by atoms with Crippen LogP contribution in [0.4, 0.5) is 10.7 Å². The molecule has 1 unspecified atom stereocenters. The van der Waals surface area contributed by atoms with Gasteiger partial charge in [-0.2, -0.15) is 0 Å². The van der Waals surface area contributed by atoms with E-state index in [1.807, 2.05) is 48.5 Å². The van der Waals surface area contributed by atoms with Crippen LogP contribution in [0, 0.1) is 10.8 Å². The maximum Gasteiger partial charge on any atom is 0.291 e. The summed E-state index contributed by atoms with van der Waals surface area (Å²) in [5.74, 6) is 0.193. The van der Waals surface area contributed by atoms with Gasteiger partial charge in [0.1, 0.15) is 5.00 Å². The number of morpholine rings is 1. The number of aliphatic imine (C=N–C) groups is 1. The molecule has 0 radical (unpaired) electrons. The molecule has 40 heavy (non-hydrogen) atoms. The molecule has 1 saturated heterocycles. The molecule has 208 valence electrons. The summed E-state index contributed by atoms with van der Waals surface area (Å²) in [6.45, 7) is 2.69. The standard InChI is InChI=1S/C29H33N7O3S/c30-25(24-27(35-15-17-38-18-16-35)40-26(32-24)20-11-5-2-6-12-20)39-28(31)34-29-33-23(19-9-3-1-4-10-19)21-13-7-8-14-22(21)36(29)37/h1,3-4,7-10,13-14,20,29-30,37H,2,5-6,11-12,15-18H2,(H2,31,34). The van der Waals surface area contributed by atoms with Crippen LogP contribution < -0.4 is 15.3 Å². The summed E-state index contributed by atoms with van der Waals surface area (Å²) in [6.07, 6.45) is 4.86. The number of hydrogen-bond acceptors (Lipinski definition) is 10. The Morgan fingerprint density at radius 1 is 1.00 bits per heavy atom. The number of rotatable bonds is 5. The number of thiazole rings is 1. The molecule has 1 aliphatic carbocycles. The highest BCUT2D eigenvalue weighted by Gasteiger charge is 2.31. The first kappa shape index (κ1) is 26.4. The number of nitrogens with zero attached hydrogens (tertiary/aromatic N) is 4. The number of aromatic nitrogens is 1. The highest BCUT2D eigenvalue weighted by atomic mass is 32.1. The molecule has 2 aliphatic heterocycles. The molecule has 4 N–H and O–H groups in total. The molecule has 1 aromatic heterocycles. The zero-order valence-electron chi connectivity index (χ0n) is 22.2. The van der Waals surface area contributed by atoms with Gasteiger partial charge in [-0.05, 0) is 18.9 Å². The Morgan fingerprint density at radius 2 is 1.73 bits per heavy atom. The van der Waals surface area contributed by atoms with E-state index in [-0.39, 0.29) is 5.90 Å². The molecule has 6 rings (SSSR count). The van der Waals surface area contributed by atoms with Gasteiger partial charge in [0.2, 0.25) is 12.2 Å². The van der Waals surface area contributed by atoms with Gasteiger partial charge in [0, 0.05) is 30.1 Å². The summed E-state index contributed by atoms with van der Waals surface area (Å²) >= 11 is 1.63. The van der Waals surface area contributed by atoms with E-state index in [0.717, 1.165) is 52.1 Å². The second-order valence-corrected chi connectivity index (χ2v) is 11.1. The number of amidine groups is 1. The van der Waals surface area contributed by atoms with Gasteiger partial charge >= 0.3 is 0 Å². The van der Waals surface area contributed by atoms with Crippen LogP contribution in [0.3, 0.4) is 0 Å². The number of para-hydroxylation sites is 1. The monoisotopic (exact) mass is 559 g/mol. The number of hydrogen-bond donors (Lipinski definition) is 4. The van der Waals surface area contributed by atoms with Crippen molar-refractivity contribution in [2.24, 2.45) is 4.99 Å². The molecule has 3 aromatic rings. The van der Waals surface area contributed by atoms with Crippen LogP contribution in [0.1, 0.15) is 59.9 Å². The SMILES string of the molecule is N=C(NC1N=C(c2ccccc2)c2ccccc2N1O)OC(=N)c1nc(C2CCCCC2)sc1N1CCOCC1. The minimum Gasteiger partial charge on any atom is -0.405 e. The minimum absolute atomic E-state index is 0.203. The molecule has 0 amide bonds. The second kappa shape index (κ2) is 11.7. The molecule has 0 bridgehead atoms. The van der Waals surface area contributed by atoms with Gasteiger partial charge in [-0.1, -0.05) is 67.8 Å². The summed E-state index contributed by atoms with van der Waals surface area (Å²) in [5, 5.41) is 34.0. The van der Waals surface area contributed by atoms with Crippen molar-refractivity contribution in [2.75, 3.05) is 36.3 Å². The lowest BCUT2D eigenvalue weighted by molar-refractivity contribution is 0.123. The number of benzene rings is 2. The van der Waals surface area contributed by atoms with Crippen molar-refractivity contribution in [1.82, 2.24) is 10.3 Å². The van der Waals surface area contributed by atoms with E-state index in [9.17, 15) is 5.21 Å². The number of nitrogens with one attached hydrogen (secondary N) is 3. The van der Waals surface area contributed by atoms with Crippen LogP contribution in [-0.4, -0.2) is 60.4 Å². The Hall–Kier alpha value is -3.80. The quantitative estimate of drug-likeness (QED) is 0.258. The van der Waals surface area contributed by atoms with E-state index in [1.54, 1.807) is 17.4 Å². The Labute approximate surface area is 237 Å². The van der Waals surface area contributed by atoms with Gasteiger partial charge in [0.15, 0.2) is 5.69 Å². The maximum atomic E-state index is 11.0. The lowest BCUT2D eigenvalue weighted by Crippen LogP contribution is -2.49. The van der Waals surface area contributed by atoms with E-state index in [2.05, 4.69) is 10.2 Å². The molecule has 1 saturated carbocycles. The normalized spacial score (nSPS) is 19.5. The van der Waals surface area contributed by atoms with E-state index in [4.69, 9.17) is 30.3 Å². The average molecular weight is 560 g/mol. The molecule has 11 heteroatoms. The van der Waals surface area contributed by atoms with Crippen LogP contribution in [-0.2, 0) is 9.47 Å². The molecule has 10 nitrogen and oxygen atoms in total. The lowest BCUT2D eigenvalue weighted by atomic mass is 9.90. The fraction of sp³-hybridized carbons (Fsp3) is 0.379. The molecular weight excluding hydrogens is 526 g/mol. The summed E-state index contributed by atoms with van der Waals surface area (Å²) in [6, 6.07) is 16.7. The van der Waals surface area contributed by atoms with Crippen LogP contribution >= 0.6 is 11.3 Å². The van der Waals surface area contributed by atoms with E-state index < -0.39 is 12.3 Å². The predicted octanol–water partition coefficient (Wildman–Crippen LogP) is 4.92. The Morgan fingerprint density at radius 3 is 2.50 bits per heavy atom. The average Bonchev–Trinajstić information content (AvgIpc) is 3.46. The zero-order valence-corrected chi connectivity index (χ0v) is 23.0. The molecule has 3 aliphatic rings. The van der Waals surface area contributed by atoms with Crippen molar-refractivity contribution >= 4 is 39.7 Å². The van der Waals surface area contributed by atoms with Gasteiger partial charge in [-0.25, -0.2) is 15.0 Å². The van der Waals surface area contributed by atoms with Gasteiger partial charge in [-0.15, -0.1) is 11.3 Å². The molecule has 0 spiro atoms. The summed E-state index contributed by atoms with van der Waals surface area (Å²) < 4.78 is 11.2. The number of hydroxylamine groups is 1. The Balaban J connectivity index is 1.22. The summed E-state index contributed by atoms with van der Waals surface area (Å²) in [5.41, 5.74) is 3.36. The van der Waals surface area contributed by atoms with Gasteiger partial charge in [0.25, 0.3) is 6.02 Å². The Bertz CT molecular complexity index is 1400. The van der Waals surface area contributed by atoms with Crippen LogP contribution in [0.25, 0.3) is 0 Å². The third kappa shape index (κ3) is 5.45. The Kier molecular flexibility index (Phi) is 7.76. The summed E-state index contributed by atoms with van der Waals surface area (Å²) in [7, 11) is 0. The van der Waals surface area contributed by atoms with Crippen molar-refractivity contribution < 1.29 is 14.7 Å². The topological polar surface area (TPSA) is 130 Å².